The first-order valence-electron chi connectivity index (χ1n) is 8.99. The molecule has 0 spiro atoms. The number of ether oxygens (including phenoxy) is 2. The molecule has 150 valence electrons. The molecule has 0 aliphatic carbocycles. The van der Waals surface area contributed by atoms with Gasteiger partial charge < -0.3 is 29.0 Å². The lowest BCUT2D eigenvalue weighted by Gasteiger charge is -2.28. The summed E-state index contributed by atoms with van der Waals surface area (Å²) in [7, 11) is 1.46. The van der Waals surface area contributed by atoms with Crippen molar-refractivity contribution in [3.8, 4) is 11.5 Å². The Bertz CT molecular complexity index is 869. The number of hydrogen-bond acceptors (Lipinski definition) is 7. The van der Waals surface area contributed by atoms with Gasteiger partial charge in [-0.2, -0.15) is 0 Å². The first-order valence-corrected chi connectivity index (χ1v) is 8.99. The number of nitrogens with zero attached hydrogens (tertiary/aromatic N) is 1. The van der Waals surface area contributed by atoms with Gasteiger partial charge in [0, 0.05) is 32.7 Å². The maximum atomic E-state index is 12.8. The fourth-order valence-electron chi connectivity index (χ4n) is 3.19. The molecule has 0 saturated carbocycles. The Balaban J connectivity index is 2.00. The smallest absolute Gasteiger partial charge is 0.227 e. The van der Waals surface area contributed by atoms with Crippen molar-refractivity contribution in [3.63, 3.8) is 0 Å². The summed E-state index contributed by atoms with van der Waals surface area (Å²) < 4.78 is 16.0. The van der Waals surface area contributed by atoms with Crippen molar-refractivity contribution in [3.05, 3.63) is 57.6 Å². The van der Waals surface area contributed by atoms with Crippen molar-refractivity contribution in [2.45, 2.75) is 18.9 Å². The van der Waals surface area contributed by atoms with Crippen LogP contribution < -0.4 is 5.43 Å². The molecule has 1 amide bonds. The van der Waals surface area contributed by atoms with Crippen molar-refractivity contribution < 1.29 is 28.9 Å². The topological polar surface area (TPSA) is 109 Å². The SMILES string of the molecule is COCc1cc(=O)c(O)c([C@@H](CC(=O)N2CCOCC2)c2ccc(O)cc2)o1. The molecule has 2 N–H and O–H groups in total. The Morgan fingerprint density at radius 1 is 1.21 bits per heavy atom. The van der Waals surface area contributed by atoms with E-state index in [1.54, 1.807) is 17.0 Å². The third-order valence-corrected chi connectivity index (χ3v) is 4.64. The minimum absolute atomic E-state index is 0.00227. The highest BCUT2D eigenvalue weighted by atomic mass is 16.5. The third-order valence-electron chi connectivity index (χ3n) is 4.64. The van der Waals surface area contributed by atoms with Gasteiger partial charge in [-0.15, -0.1) is 0 Å². The van der Waals surface area contributed by atoms with E-state index in [-0.39, 0.29) is 36.2 Å². The molecule has 1 aliphatic heterocycles. The van der Waals surface area contributed by atoms with Crippen LogP contribution in [-0.2, 0) is 20.9 Å². The number of morpholine rings is 1. The van der Waals surface area contributed by atoms with Crippen LogP contribution in [0.15, 0.2) is 39.5 Å². The van der Waals surface area contributed by atoms with Crippen LogP contribution in [0, 0.1) is 0 Å². The molecule has 1 atom stereocenters. The zero-order valence-corrected chi connectivity index (χ0v) is 15.6. The molecule has 1 aromatic carbocycles. The monoisotopic (exact) mass is 389 g/mol. The lowest BCUT2D eigenvalue weighted by atomic mass is 9.91. The second-order valence-electron chi connectivity index (χ2n) is 6.56. The molecule has 0 bridgehead atoms. The molecular weight excluding hydrogens is 366 g/mol. The van der Waals surface area contributed by atoms with E-state index in [1.807, 2.05) is 0 Å². The molecule has 1 fully saturated rings. The molecule has 0 unspecified atom stereocenters. The van der Waals surface area contributed by atoms with Crippen LogP contribution in [0.4, 0.5) is 0 Å². The first kappa shape index (κ1) is 19.9. The van der Waals surface area contributed by atoms with E-state index in [4.69, 9.17) is 13.9 Å². The molecule has 28 heavy (non-hydrogen) atoms. The number of phenolic OH excluding ortho intramolecular Hbond substituents is 1. The zero-order valence-electron chi connectivity index (χ0n) is 15.6. The molecule has 2 aromatic rings. The van der Waals surface area contributed by atoms with Gasteiger partial charge in [0.1, 0.15) is 18.1 Å². The Morgan fingerprint density at radius 3 is 2.54 bits per heavy atom. The number of hydrogen-bond donors (Lipinski definition) is 2. The first-order chi connectivity index (χ1) is 13.5. The van der Waals surface area contributed by atoms with Crippen LogP contribution in [-0.4, -0.2) is 54.4 Å². The van der Waals surface area contributed by atoms with E-state index in [0.717, 1.165) is 0 Å². The van der Waals surface area contributed by atoms with Gasteiger partial charge in [0.15, 0.2) is 5.76 Å². The second kappa shape index (κ2) is 8.90. The van der Waals surface area contributed by atoms with Gasteiger partial charge in [0.05, 0.1) is 19.1 Å². The predicted molar refractivity (Wildman–Crippen MR) is 99.3 cm³/mol. The Kier molecular flexibility index (Phi) is 6.33. The number of carbonyl (C=O) groups excluding carboxylic acids is 1. The third kappa shape index (κ3) is 4.52. The van der Waals surface area contributed by atoms with Crippen molar-refractivity contribution in [1.29, 1.82) is 0 Å². The molecule has 3 rings (SSSR count). The molecular formula is C20H23NO7. The van der Waals surface area contributed by atoms with Crippen LogP contribution in [0.5, 0.6) is 11.5 Å². The van der Waals surface area contributed by atoms with Gasteiger partial charge >= 0.3 is 0 Å². The number of carbonyl (C=O) groups is 1. The summed E-state index contributed by atoms with van der Waals surface area (Å²) in [5, 5.41) is 19.9. The van der Waals surface area contributed by atoms with Crippen molar-refractivity contribution >= 4 is 5.91 Å². The summed E-state index contributed by atoms with van der Waals surface area (Å²) >= 11 is 0. The standard InChI is InChI=1S/C20H23NO7/c1-26-12-15-10-17(23)19(25)20(28-15)16(13-2-4-14(22)5-3-13)11-18(24)21-6-8-27-9-7-21/h2-5,10,16,22,25H,6-9,11-12H2,1H3/t16-/m0/s1. The lowest BCUT2D eigenvalue weighted by molar-refractivity contribution is -0.135. The molecule has 2 heterocycles. The Hall–Kier alpha value is -2.84. The molecule has 0 radical (unpaired) electrons. The van der Waals surface area contributed by atoms with E-state index in [9.17, 15) is 19.8 Å². The van der Waals surface area contributed by atoms with E-state index in [0.29, 0.717) is 31.9 Å². The summed E-state index contributed by atoms with van der Waals surface area (Å²) in [5.41, 5.74) is 0.0309. The number of methoxy groups -OCH3 is 1. The van der Waals surface area contributed by atoms with Crippen molar-refractivity contribution in [1.82, 2.24) is 4.90 Å². The Morgan fingerprint density at radius 2 is 1.89 bits per heavy atom. The summed E-state index contributed by atoms with van der Waals surface area (Å²) in [4.78, 5) is 26.7. The van der Waals surface area contributed by atoms with Crippen LogP contribution in [0.1, 0.15) is 29.4 Å². The van der Waals surface area contributed by atoms with Crippen LogP contribution in [0.3, 0.4) is 0 Å². The minimum Gasteiger partial charge on any atom is -0.508 e. The Labute approximate surface area is 161 Å². The summed E-state index contributed by atoms with van der Waals surface area (Å²) in [6, 6.07) is 7.40. The fourth-order valence-corrected chi connectivity index (χ4v) is 3.19. The molecule has 1 aromatic heterocycles. The van der Waals surface area contributed by atoms with Gasteiger partial charge in [0.2, 0.25) is 17.1 Å². The van der Waals surface area contributed by atoms with Gasteiger partial charge in [-0.05, 0) is 17.7 Å². The molecule has 1 saturated heterocycles. The number of phenols is 1. The molecule has 1 aliphatic rings. The average molecular weight is 389 g/mol. The largest absolute Gasteiger partial charge is 0.508 e. The van der Waals surface area contributed by atoms with Gasteiger partial charge in [-0.3, -0.25) is 9.59 Å². The second-order valence-corrected chi connectivity index (χ2v) is 6.56. The number of rotatable bonds is 6. The highest BCUT2D eigenvalue weighted by Crippen LogP contribution is 2.34. The fraction of sp³-hybridized carbons (Fsp3) is 0.400. The van der Waals surface area contributed by atoms with E-state index < -0.39 is 17.1 Å². The van der Waals surface area contributed by atoms with Crippen LogP contribution in [0.2, 0.25) is 0 Å². The van der Waals surface area contributed by atoms with Gasteiger partial charge in [0.25, 0.3) is 0 Å². The van der Waals surface area contributed by atoms with Crippen molar-refractivity contribution in [2.24, 2.45) is 0 Å². The predicted octanol–water partition coefficient (Wildman–Crippen LogP) is 1.58. The number of benzene rings is 1. The van der Waals surface area contributed by atoms with E-state index in [2.05, 4.69) is 0 Å². The molecule has 8 nitrogen and oxygen atoms in total. The van der Waals surface area contributed by atoms with E-state index >= 15 is 0 Å². The summed E-state index contributed by atoms with van der Waals surface area (Å²) in [6.45, 7) is 1.97. The lowest BCUT2D eigenvalue weighted by Crippen LogP contribution is -2.41. The summed E-state index contributed by atoms with van der Waals surface area (Å²) in [6.07, 6.45) is -0.00227. The zero-order chi connectivity index (χ0) is 20.1. The van der Waals surface area contributed by atoms with Crippen molar-refractivity contribution in [2.75, 3.05) is 33.4 Å². The van der Waals surface area contributed by atoms with E-state index in [1.165, 1.54) is 25.3 Å². The molecule has 8 heteroatoms. The normalized spacial score (nSPS) is 15.4. The average Bonchev–Trinajstić information content (AvgIpc) is 2.70. The quantitative estimate of drug-likeness (QED) is 0.772. The van der Waals surface area contributed by atoms with Gasteiger partial charge in [-0.1, -0.05) is 12.1 Å². The highest BCUT2D eigenvalue weighted by Gasteiger charge is 2.28. The minimum atomic E-state index is -0.694. The van der Waals surface area contributed by atoms with Crippen LogP contribution >= 0.6 is 0 Å². The number of aromatic hydroxyl groups is 2. The van der Waals surface area contributed by atoms with Gasteiger partial charge in [-0.25, -0.2) is 0 Å². The number of amides is 1. The summed E-state index contributed by atoms with van der Waals surface area (Å²) in [5.74, 6) is -1.04. The highest BCUT2D eigenvalue weighted by molar-refractivity contribution is 5.78. The van der Waals surface area contributed by atoms with Crippen LogP contribution in [0.25, 0.3) is 0 Å². The maximum absolute atomic E-state index is 12.8. The maximum Gasteiger partial charge on any atom is 0.227 e.